The fraction of sp³-hybridized carbons (Fsp3) is 0.0909. The largest absolute Gasteiger partial charge is 0.206 e. The Labute approximate surface area is 84.8 Å². The molecule has 0 amide bonds. The zero-order valence-corrected chi connectivity index (χ0v) is 8.37. The summed E-state index contributed by atoms with van der Waals surface area (Å²) >= 11 is 1.45. The highest BCUT2D eigenvalue weighted by atomic mass is 32.1. The molecule has 0 bridgehead atoms. The van der Waals surface area contributed by atoms with E-state index in [1.54, 1.807) is 5.38 Å². The Morgan fingerprint density at radius 1 is 1.07 bits per heavy atom. The van der Waals surface area contributed by atoms with Gasteiger partial charge in [-0.15, -0.1) is 0 Å². The van der Waals surface area contributed by atoms with E-state index in [1.807, 2.05) is 12.3 Å². The summed E-state index contributed by atoms with van der Waals surface area (Å²) in [5, 5.41) is 3.64. The fourth-order valence-electron chi connectivity index (χ4n) is 1.37. The molecule has 0 aliphatic carbocycles. The number of rotatable bonds is 1. The van der Waals surface area contributed by atoms with Crippen molar-refractivity contribution in [1.82, 2.24) is 0 Å². The van der Waals surface area contributed by atoms with Gasteiger partial charge in [0.05, 0.1) is 5.56 Å². The number of hydrogen-bond acceptors (Lipinski definition) is 1. The second-order valence-electron chi connectivity index (χ2n) is 3.07. The van der Waals surface area contributed by atoms with Gasteiger partial charge in [-0.05, 0) is 35.4 Å². The molecule has 0 aliphatic rings. The van der Waals surface area contributed by atoms with Crippen molar-refractivity contribution >= 4 is 11.3 Å². The minimum absolute atomic E-state index is 0.0752. The monoisotopic (exact) mass is 210 g/mol. The topological polar surface area (TPSA) is 0 Å². The van der Waals surface area contributed by atoms with Crippen molar-refractivity contribution in [2.24, 2.45) is 0 Å². The molecule has 0 spiro atoms. The number of benzene rings is 1. The van der Waals surface area contributed by atoms with Crippen LogP contribution in [-0.4, -0.2) is 0 Å². The minimum Gasteiger partial charge on any atom is -0.206 e. The number of halogens is 2. The van der Waals surface area contributed by atoms with E-state index in [9.17, 15) is 8.78 Å². The lowest BCUT2D eigenvalue weighted by molar-refractivity contribution is 0.589. The van der Waals surface area contributed by atoms with Crippen LogP contribution in [0.4, 0.5) is 8.78 Å². The maximum absolute atomic E-state index is 13.4. The molecule has 1 heterocycles. The second-order valence-corrected chi connectivity index (χ2v) is 3.81. The van der Waals surface area contributed by atoms with Gasteiger partial charge in [-0.2, -0.15) is 11.3 Å². The van der Waals surface area contributed by atoms with Gasteiger partial charge in [-0.1, -0.05) is 6.07 Å². The molecule has 1 aromatic heterocycles. The van der Waals surface area contributed by atoms with Crippen LogP contribution in [0.3, 0.4) is 0 Å². The van der Waals surface area contributed by atoms with Gasteiger partial charge in [0.15, 0.2) is 0 Å². The van der Waals surface area contributed by atoms with E-state index in [-0.39, 0.29) is 5.56 Å². The van der Waals surface area contributed by atoms with E-state index in [0.717, 1.165) is 5.56 Å². The fourth-order valence-corrected chi connectivity index (χ4v) is 2.21. The van der Waals surface area contributed by atoms with Gasteiger partial charge in [0.2, 0.25) is 0 Å². The maximum atomic E-state index is 13.4. The lowest BCUT2D eigenvalue weighted by Gasteiger charge is -2.03. The molecule has 14 heavy (non-hydrogen) atoms. The quantitative estimate of drug-likeness (QED) is 0.667. The normalized spacial score (nSPS) is 10.5. The van der Waals surface area contributed by atoms with Gasteiger partial charge < -0.3 is 0 Å². The molecule has 2 aromatic rings. The predicted octanol–water partition coefficient (Wildman–Crippen LogP) is 4.00. The van der Waals surface area contributed by atoms with Crippen LogP contribution in [0.15, 0.2) is 29.0 Å². The van der Waals surface area contributed by atoms with Gasteiger partial charge >= 0.3 is 0 Å². The maximum Gasteiger partial charge on any atom is 0.134 e. The van der Waals surface area contributed by atoms with Crippen LogP contribution < -0.4 is 0 Å². The van der Waals surface area contributed by atoms with Gasteiger partial charge in [0.1, 0.15) is 11.6 Å². The first kappa shape index (κ1) is 9.34. The lowest BCUT2D eigenvalue weighted by atomic mass is 10.0. The second kappa shape index (κ2) is 3.50. The van der Waals surface area contributed by atoms with E-state index in [4.69, 9.17) is 0 Å². The highest BCUT2D eigenvalue weighted by molar-refractivity contribution is 7.08. The summed E-state index contributed by atoms with van der Waals surface area (Å²) in [5.41, 5.74) is 1.62. The average molecular weight is 210 g/mol. The summed E-state index contributed by atoms with van der Waals surface area (Å²) in [6, 6.07) is 3.92. The SMILES string of the molecule is Cc1cscc1-c1c(F)cccc1F. The molecule has 0 aliphatic heterocycles. The standard InChI is InChI=1S/C11H8F2S/c1-7-5-14-6-8(7)11-9(12)3-2-4-10(11)13/h2-6H,1H3. The van der Waals surface area contributed by atoms with E-state index in [2.05, 4.69) is 0 Å². The molecule has 0 atom stereocenters. The van der Waals surface area contributed by atoms with Gasteiger partial charge in [-0.3, -0.25) is 0 Å². The Bertz CT molecular complexity index is 440. The van der Waals surface area contributed by atoms with Crippen LogP contribution in [0.2, 0.25) is 0 Å². The Balaban J connectivity index is 2.68. The summed E-state index contributed by atoms with van der Waals surface area (Å²) in [7, 11) is 0. The summed E-state index contributed by atoms with van der Waals surface area (Å²) in [5.74, 6) is -1.02. The smallest absolute Gasteiger partial charge is 0.134 e. The van der Waals surface area contributed by atoms with Crippen LogP contribution in [0.1, 0.15) is 5.56 Å². The predicted molar refractivity (Wildman–Crippen MR) is 54.4 cm³/mol. The van der Waals surface area contributed by atoms with Crippen molar-refractivity contribution in [2.75, 3.05) is 0 Å². The molecule has 2 rings (SSSR count). The Morgan fingerprint density at radius 3 is 2.21 bits per heavy atom. The molecular weight excluding hydrogens is 202 g/mol. The van der Waals surface area contributed by atoms with Crippen molar-refractivity contribution in [2.45, 2.75) is 6.92 Å². The first-order valence-corrected chi connectivity index (χ1v) is 5.11. The summed E-state index contributed by atoms with van der Waals surface area (Å²) in [4.78, 5) is 0. The zero-order chi connectivity index (χ0) is 10.1. The number of thiophene rings is 1. The first-order chi connectivity index (χ1) is 6.70. The number of aryl methyl sites for hydroxylation is 1. The lowest BCUT2D eigenvalue weighted by Crippen LogP contribution is -1.89. The Kier molecular flexibility index (Phi) is 2.33. The van der Waals surface area contributed by atoms with Crippen molar-refractivity contribution in [1.29, 1.82) is 0 Å². The van der Waals surface area contributed by atoms with Gasteiger partial charge in [0, 0.05) is 5.56 Å². The van der Waals surface area contributed by atoms with E-state index in [0.29, 0.717) is 5.56 Å². The van der Waals surface area contributed by atoms with Crippen LogP contribution in [0.25, 0.3) is 11.1 Å². The molecule has 0 saturated carbocycles. The molecule has 0 nitrogen and oxygen atoms in total. The van der Waals surface area contributed by atoms with Crippen molar-refractivity contribution in [3.05, 3.63) is 46.2 Å². The van der Waals surface area contributed by atoms with Crippen molar-refractivity contribution < 1.29 is 8.78 Å². The average Bonchev–Trinajstić information content (AvgIpc) is 2.52. The van der Waals surface area contributed by atoms with Crippen molar-refractivity contribution in [3.8, 4) is 11.1 Å². The molecule has 0 fully saturated rings. The summed E-state index contributed by atoms with van der Waals surface area (Å²) in [6.45, 7) is 1.84. The van der Waals surface area contributed by atoms with Gasteiger partial charge in [-0.25, -0.2) is 8.78 Å². The van der Waals surface area contributed by atoms with Crippen LogP contribution >= 0.6 is 11.3 Å². The Hall–Kier alpha value is -1.22. The Morgan fingerprint density at radius 2 is 1.71 bits per heavy atom. The first-order valence-electron chi connectivity index (χ1n) is 4.17. The summed E-state index contributed by atoms with van der Waals surface area (Å²) < 4.78 is 26.7. The van der Waals surface area contributed by atoms with E-state index < -0.39 is 11.6 Å². The van der Waals surface area contributed by atoms with Crippen LogP contribution in [0.5, 0.6) is 0 Å². The molecule has 3 heteroatoms. The molecule has 0 saturated heterocycles. The number of hydrogen-bond donors (Lipinski definition) is 0. The van der Waals surface area contributed by atoms with Crippen LogP contribution in [0, 0.1) is 18.6 Å². The molecule has 0 radical (unpaired) electrons. The molecule has 1 aromatic carbocycles. The zero-order valence-electron chi connectivity index (χ0n) is 7.55. The third-order valence-electron chi connectivity index (χ3n) is 2.09. The van der Waals surface area contributed by atoms with Crippen molar-refractivity contribution in [3.63, 3.8) is 0 Å². The third kappa shape index (κ3) is 1.44. The molecule has 72 valence electrons. The minimum atomic E-state index is -0.508. The van der Waals surface area contributed by atoms with E-state index in [1.165, 1.54) is 29.5 Å². The molecular formula is C11H8F2S. The molecule has 0 unspecified atom stereocenters. The third-order valence-corrected chi connectivity index (χ3v) is 2.95. The highest BCUT2D eigenvalue weighted by Crippen LogP contribution is 2.30. The van der Waals surface area contributed by atoms with Gasteiger partial charge in [0.25, 0.3) is 0 Å². The molecule has 0 N–H and O–H groups in total. The highest BCUT2D eigenvalue weighted by Gasteiger charge is 2.12. The summed E-state index contributed by atoms with van der Waals surface area (Å²) in [6.07, 6.45) is 0. The van der Waals surface area contributed by atoms with Crippen LogP contribution in [-0.2, 0) is 0 Å². The van der Waals surface area contributed by atoms with E-state index >= 15 is 0 Å².